The van der Waals surface area contributed by atoms with Gasteiger partial charge in [0.05, 0.1) is 9.90 Å². The number of carbonyl (C=O) groups is 1. The van der Waals surface area contributed by atoms with E-state index in [2.05, 4.69) is 12.2 Å². The molecule has 1 N–H and O–H groups in total. The Kier molecular flexibility index (Phi) is 7.62. The van der Waals surface area contributed by atoms with E-state index in [1.54, 1.807) is 6.07 Å². The zero-order valence-corrected chi connectivity index (χ0v) is 14.5. The van der Waals surface area contributed by atoms with Gasteiger partial charge >= 0.3 is 0 Å². The number of nitrogens with zero attached hydrogens (tertiary/aromatic N) is 1. The van der Waals surface area contributed by atoms with Crippen molar-refractivity contribution in [1.82, 2.24) is 10.2 Å². The van der Waals surface area contributed by atoms with Crippen LogP contribution in [0, 0.1) is 0 Å². The van der Waals surface area contributed by atoms with Crippen molar-refractivity contribution in [3.05, 3.63) is 20.3 Å². The summed E-state index contributed by atoms with van der Waals surface area (Å²) in [5, 5.41) is 3.32. The number of thiophene rings is 1. The third kappa shape index (κ3) is 4.25. The SMILES string of the molecule is CCCN(C(=O)c1cc(Cl)sc1Cl)C1CCNCC1.Cl. The number of piperidine rings is 1. The van der Waals surface area contributed by atoms with E-state index in [1.807, 2.05) is 4.90 Å². The monoisotopic (exact) mass is 356 g/mol. The number of hydrogen-bond donors (Lipinski definition) is 1. The van der Waals surface area contributed by atoms with Gasteiger partial charge in [-0.2, -0.15) is 0 Å². The van der Waals surface area contributed by atoms with Crippen LogP contribution in [-0.2, 0) is 0 Å². The fraction of sp³-hybridized carbons (Fsp3) is 0.615. The highest BCUT2D eigenvalue weighted by Crippen LogP contribution is 2.32. The van der Waals surface area contributed by atoms with Gasteiger partial charge in [-0.05, 0) is 38.4 Å². The van der Waals surface area contributed by atoms with E-state index in [0.717, 1.165) is 38.9 Å². The molecule has 2 heterocycles. The molecule has 0 radical (unpaired) electrons. The van der Waals surface area contributed by atoms with Gasteiger partial charge in [-0.1, -0.05) is 30.1 Å². The van der Waals surface area contributed by atoms with Gasteiger partial charge in [0, 0.05) is 12.6 Å². The van der Waals surface area contributed by atoms with Gasteiger partial charge in [-0.15, -0.1) is 23.7 Å². The predicted octanol–water partition coefficient (Wildman–Crippen LogP) is 4.08. The highest BCUT2D eigenvalue weighted by atomic mass is 35.5. The lowest BCUT2D eigenvalue weighted by molar-refractivity contribution is 0.0643. The Labute approximate surface area is 140 Å². The van der Waals surface area contributed by atoms with Crippen LogP contribution in [0.15, 0.2) is 6.07 Å². The van der Waals surface area contributed by atoms with E-state index in [4.69, 9.17) is 23.2 Å². The molecule has 1 aliphatic rings. The minimum atomic E-state index is 0. The molecule has 1 aromatic heterocycles. The minimum Gasteiger partial charge on any atom is -0.336 e. The molecule has 2 rings (SSSR count). The number of amides is 1. The first-order valence-corrected chi connectivity index (χ1v) is 8.17. The first kappa shape index (κ1) is 18.1. The molecule has 114 valence electrons. The Morgan fingerprint density at radius 1 is 1.45 bits per heavy atom. The Morgan fingerprint density at radius 3 is 2.60 bits per heavy atom. The zero-order chi connectivity index (χ0) is 13.8. The summed E-state index contributed by atoms with van der Waals surface area (Å²) in [7, 11) is 0. The van der Waals surface area contributed by atoms with Crippen LogP contribution in [0.1, 0.15) is 36.5 Å². The van der Waals surface area contributed by atoms with Crippen molar-refractivity contribution in [2.45, 2.75) is 32.2 Å². The van der Waals surface area contributed by atoms with E-state index < -0.39 is 0 Å². The van der Waals surface area contributed by atoms with E-state index in [0.29, 0.717) is 20.3 Å². The maximum atomic E-state index is 12.6. The third-order valence-electron chi connectivity index (χ3n) is 3.36. The molecule has 0 unspecified atom stereocenters. The van der Waals surface area contributed by atoms with Gasteiger partial charge in [-0.3, -0.25) is 4.79 Å². The van der Waals surface area contributed by atoms with Crippen molar-refractivity contribution in [3.8, 4) is 0 Å². The normalized spacial score (nSPS) is 15.8. The molecule has 7 heteroatoms. The Morgan fingerprint density at radius 2 is 2.10 bits per heavy atom. The van der Waals surface area contributed by atoms with Crippen LogP contribution in [0.2, 0.25) is 8.67 Å². The van der Waals surface area contributed by atoms with Crippen molar-refractivity contribution in [1.29, 1.82) is 0 Å². The number of halogens is 3. The van der Waals surface area contributed by atoms with Crippen molar-refractivity contribution < 1.29 is 4.79 Å². The van der Waals surface area contributed by atoms with E-state index in [9.17, 15) is 4.79 Å². The lowest BCUT2D eigenvalue weighted by Gasteiger charge is -2.34. The molecule has 1 amide bonds. The minimum absolute atomic E-state index is 0. The molecule has 0 bridgehead atoms. The summed E-state index contributed by atoms with van der Waals surface area (Å²) in [5.41, 5.74) is 0.545. The first-order chi connectivity index (χ1) is 9.13. The molecule has 0 atom stereocenters. The van der Waals surface area contributed by atoms with Crippen molar-refractivity contribution >= 4 is 52.9 Å². The number of carbonyl (C=O) groups excluding carboxylic acids is 1. The molecule has 0 saturated carbocycles. The molecule has 1 aliphatic heterocycles. The van der Waals surface area contributed by atoms with Gasteiger partial charge in [-0.25, -0.2) is 0 Å². The highest BCUT2D eigenvalue weighted by Gasteiger charge is 2.27. The third-order valence-corrected chi connectivity index (χ3v) is 4.85. The second-order valence-electron chi connectivity index (χ2n) is 4.72. The summed E-state index contributed by atoms with van der Waals surface area (Å²) < 4.78 is 1.06. The molecular formula is C13H19Cl3N2OS. The van der Waals surface area contributed by atoms with Crippen LogP contribution in [0.4, 0.5) is 0 Å². The van der Waals surface area contributed by atoms with E-state index in [1.165, 1.54) is 11.3 Å². The second kappa shape index (κ2) is 8.44. The maximum absolute atomic E-state index is 12.6. The van der Waals surface area contributed by atoms with Crippen molar-refractivity contribution in [3.63, 3.8) is 0 Å². The van der Waals surface area contributed by atoms with Crippen LogP contribution < -0.4 is 5.32 Å². The lowest BCUT2D eigenvalue weighted by atomic mass is 10.0. The quantitative estimate of drug-likeness (QED) is 0.880. The molecular weight excluding hydrogens is 339 g/mol. The summed E-state index contributed by atoms with van der Waals surface area (Å²) in [6.07, 6.45) is 2.95. The smallest absolute Gasteiger partial charge is 0.256 e. The average molecular weight is 358 g/mol. The van der Waals surface area contributed by atoms with Gasteiger partial charge in [0.25, 0.3) is 5.91 Å². The van der Waals surface area contributed by atoms with Crippen LogP contribution in [0.25, 0.3) is 0 Å². The lowest BCUT2D eigenvalue weighted by Crippen LogP contribution is -2.46. The summed E-state index contributed by atoms with van der Waals surface area (Å²) in [4.78, 5) is 14.6. The Balaban J connectivity index is 0.00000200. The van der Waals surface area contributed by atoms with Gasteiger partial charge in [0.2, 0.25) is 0 Å². The molecule has 0 aromatic carbocycles. The molecule has 20 heavy (non-hydrogen) atoms. The standard InChI is InChI=1S/C13H18Cl2N2OS.ClH/c1-2-7-17(9-3-5-16-6-4-9)13(18)10-8-11(14)19-12(10)15;/h8-9,16H,2-7H2,1H3;1H. The molecule has 0 aliphatic carbocycles. The van der Waals surface area contributed by atoms with Crippen molar-refractivity contribution in [2.75, 3.05) is 19.6 Å². The fourth-order valence-corrected chi connectivity index (χ4v) is 3.90. The topological polar surface area (TPSA) is 32.3 Å². The van der Waals surface area contributed by atoms with Gasteiger partial charge < -0.3 is 10.2 Å². The Bertz CT molecular complexity index is 447. The van der Waals surface area contributed by atoms with Crippen LogP contribution in [-0.4, -0.2) is 36.5 Å². The molecule has 1 fully saturated rings. The molecule has 1 saturated heterocycles. The number of hydrogen-bond acceptors (Lipinski definition) is 3. The van der Waals surface area contributed by atoms with Gasteiger partial charge in [0.1, 0.15) is 4.34 Å². The second-order valence-corrected chi connectivity index (χ2v) is 7.00. The van der Waals surface area contributed by atoms with Crippen LogP contribution in [0.3, 0.4) is 0 Å². The summed E-state index contributed by atoms with van der Waals surface area (Å²) in [6.45, 7) is 4.80. The maximum Gasteiger partial charge on any atom is 0.256 e. The van der Waals surface area contributed by atoms with Crippen LogP contribution in [0.5, 0.6) is 0 Å². The molecule has 3 nitrogen and oxygen atoms in total. The first-order valence-electron chi connectivity index (χ1n) is 6.60. The molecule has 1 aromatic rings. The number of nitrogens with one attached hydrogen (secondary N) is 1. The fourth-order valence-electron chi connectivity index (χ4n) is 2.45. The van der Waals surface area contributed by atoms with E-state index in [-0.39, 0.29) is 18.3 Å². The Hall–Kier alpha value is -0.000000000000000167. The average Bonchev–Trinajstić information content (AvgIpc) is 2.75. The highest BCUT2D eigenvalue weighted by molar-refractivity contribution is 7.20. The zero-order valence-electron chi connectivity index (χ0n) is 11.3. The van der Waals surface area contributed by atoms with Crippen molar-refractivity contribution in [2.24, 2.45) is 0 Å². The summed E-state index contributed by atoms with van der Waals surface area (Å²) >= 11 is 13.3. The van der Waals surface area contributed by atoms with Crippen LogP contribution >= 0.6 is 46.9 Å². The largest absolute Gasteiger partial charge is 0.336 e. The summed E-state index contributed by atoms with van der Waals surface area (Å²) in [6, 6.07) is 1.99. The predicted molar refractivity (Wildman–Crippen MR) is 88.8 cm³/mol. The molecule has 0 spiro atoms. The van der Waals surface area contributed by atoms with E-state index >= 15 is 0 Å². The summed E-state index contributed by atoms with van der Waals surface area (Å²) in [5.74, 6) is 0.0156. The van der Waals surface area contributed by atoms with Gasteiger partial charge in [0.15, 0.2) is 0 Å². The number of rotatable bonds is 4.